The number of H-pyrrole nitrogens is 1. The topological polar surface area (TPSA) is 81.0 Å². The van der Waals surface area contributed by atoms with E-state index in [4.69, 9.17) is 5.73 Å². The van der Waals surface area contributed by atoms with Crippen LogP contribution in [0.2, 0.25) is 0 Å². The highest BCUT2D eigenvalue weighted by Crippen LogP contribution is 2.01. The van der Waals surface area contributed by atoms with E-state index in [0.29, 0.717) is 11.5 Å². The van der Waals surface area contributed by atoms with Gasteiger partial charge in [-0.15, -0.1) is 0 Å². The first kappa shape index (κ1) is 7.59. The van der Waals surface area contributed by atoms with E-state index in [2.05, 4.69) is 14.9 Å². The van der Waals surface area contributed by atoms with Crippen LogP contribution in [-0.2, 0) is 16.1 Å². The Kier molecular flexibility index (Phi) is 2.10. The number of hydrogen-bond acceptors (Lipinski definition) is 4. The molecular formula is C6H9N3O2. The van der Waals surface area contributed by atoms with Gasteiger partial charge in [0.1, 0.15) is 12.4 Å². The number of esters is 1. The average molecular weight is 155 g/mol. The van der Waals surface area contributed by atoms with Crippen molar-refractivity contribution in [3.05, 3.63) is 11.8 Å². The first-order chi connectivity index (χ1) is 5.18. The van der Waals surface area contributed by atoms with Crippen LogP contribution in [-0.4, -0.2) is 16.2 Å². The molecule has 1 heterocycles. The van der Waals surface area contributed by atoms with Gasteiger partial charge in [-0.05, 0) is 0 Å². The van der Waals surface area contributed by atoms with Crippen molar-refractivity contribution >= 4 is 11.8 Å². The molecule has 0 spiro atoms. The van der Waals surface area contributed by atoms with Crippen molar-refractivity contribution in [2.75, 3.05) is 5.73 Å². The number of anilines is 1. The van der Waals surface area contributed by atoms with Gasteiger partial charge in [-0.3, -0.25) is 9.89 Å². The molecule has 0 saturated carbocycles. The summed E-state index contributed by atoms with van der Waals surface area (Å²) in [6.45, 7) is 1.54. The fraction of sp³-hybridized carbons (Fsp3) is 0.333. The number of ether oxygens (including phenoxy) is 1. The molecular weight excluding hydrogens is 146 g/mol. The Labute approximate surface area is 63.5 Å². The minimum atomic E-state index is -0.321. The van der Waals surface area contributed by atoms with Gasteiger partial charge < -0.3 is 10.5 Å². The zero-order chi connectivity index (χ0) is 8.27. The van der Waals surface area contributed by atoms with Gasteiger partial charge in [0.25, 0.3) is 0 Å². The molecule has 5 heteroatoms. The smallest absolute Gasteiger partial charge is 0.303 e. The summed E-state index contributed by atoms with van der Waals surface area (Å²) >= 11 is 0. The Hall–Kier alpha value is -1.52. The highest BCUT2D eigenvalue weighted by atomic mass is 16.5. The third-order valence-electron chi connectivity index (χ3n) is 1.08. The minimum absolute atomic E-state index is 0.194. The summed E-state index contributed by atoms with van der Waals surface area (Å²) in [7, 11) is 0. The molecule has 0 aliphatic heterocycles. The van der Waals surface area contributed by atoms with Gasteiger partial charge in [-0.25, -0.2) is 0 Å². The van der Waals surface area contributed by atoms with Gasteiger partial charge in [0, 0.05) is 13.0 Å². The van der Waals surface area contributed by atoms with Gasteiger partial charge >= 0.3 is 5.97 Å². The predicted molar refractivity (Wildman–Crippen MR) is 38.5 cm³/mol. The molecule has 60 valence electrons. The summed E-state index contributed by atoms with van der Waals surface area (Å²) in [5.41, 5.74) is 5.99. The van der Waals surface area contributed by atoms with E-state index >= 15 is 0 Å². The Morgan fingerprint density at radius 1 is 1.91 bits per heavy atom. The third kappa shape index (κ3) is 2.29. The van der Waals surface area contributed by atoms with Crippen molar-refractivity contribution in [2.24, 2.45) is 0 Å². The van der Waals surface area contributed by atoms with Crippen LogP contribution in [0.5, 0.6) is 0 Å². The lowest BCUT2D eigenvalue weighted by Crippen LogP contribution is -1.98. The van der Waals surface area contributed by atoms with Gasteiger partial charge in [-0.1, -0.05) is 0 Å². The standard InChI is InChI=1S/C6H9N3O2/c1-4(10)11-3-5-2-6(7)9-8-5/h2H,3H2,1H3,(H3,7,8,9). The molecule has 1 aromatic heterocycles. The second-order valence-electron chi connectivity index (χ2n) is 2.10. The summed E-state index contributed by atoms with van der Waals surface area (Å²) in [6, 6.07) is 1.61. The lowest BCUT2D eigenvalue weighted by atomic mass is 10.4. The maximum Gasteiger partial charge on any atom is 0.303 e. The molecule has 11 heavy (non-hydrogen) atoms. The first-order valence-corrected chi connectivity index (χ1v) is 3.11. The van der Waals surface area contributed by atoms with Crippen LogP contribution in [0, 0.1) is 0 Å². The molecule has 0 fully saturated rings. The molecule has 0 aromatic carbocycles. The van der Waals surface area contributed by atoms with E-state index < -0.39 is 0 Å². The lowest BCUT2D eigenvalue weighted by Gasteiger charge is -1.96. The molecule has 0 bridgehead atoms. The maximum absolute atomic E-state index is 10.3. The largest absolute Gasteiger partial charge is 0.459 e. The number of aromatic amines is 1. The molecule has 0 aliphatic rings. The van der Waals surface area contributed by atoms with E-state index in [-0.39, 0.29) is 12.6 Å². The predicted octanol–water partition coefficient (Wildman–Crippen LogP) is 0.0550. The van der Waals surface area contributed by atoms with E-state index in [1.165, 1.54) is 6.92 Å². The van der Waals surface area contributed by atoms with E-state index in [1.807, 2.05) is 0 Å². The summed E-state index contributed by atoms with van der Waals surface area (Å²) in [5, 5.41) is 6.26. The number of nitrogens with two attached hydrogens (primary N) is 1. The quantitative estimate of drug-likeness (QED) is 0.591. The number of hydrogen-bond donors (Lipinski definition) is 2. The second-order valence-corrected chi connectivity index (χ2v) is 2.10. The minimum Gasteiger partial charge on any atom is -0.459 e. The molecule has 0 radical (unpaired) electrons. The van der Waals surface area contributed by atoms with Crippen LogP contribution in [0.15, 0.2) is 6.07 Å². The molecule has 3 N–H and O–H groups in total. The van der Waals surface area contributed by atoms with Crippen molar-refractivity contribution in [1.29, 1.82) is 0 Å². The maximum atomic E-state index is 10.3. The van der Waals surface area contributed by atoms with Gasteiger partial charge in [-0.2, -0.15) is 5.10 Å². The number of nitrogens with zero attached hydrogens (tertiary/aromatic N) is 1. The monoisotopic (exact) mass is 155 g/mol. The molecule has 0 aliphatic carbocycles. The number of carbonyl (C=O) groups excluding carboxylic acids is 1. The molecule has 5 nitrogen and oxygen atoms in total. The molecule has 0 saturated heterocycles. The highest BCUT2D eigenvalue weighted by molar-refractivity contribution is 5.65. The van der Waals surface area contributed by atoms with Crippen molar-refractivity contribution < 1.29 is 9.53 Å². The molecule has 0 unspecified atom stereocenters. The Balaban J connectivity index is 2.45. The molecule has 1 rings (SSSR count). The van der Waals surface area contributed by atoms with Crippen molar-refractivity contribution in [3.63, 3.8) is 0 Å². The fourth-order valence-electron chi connectivity index (χ4n) is 0.633. The van der Waals surface area contributed by atoms with E-state index in [1.54, 1.807) is 6.07 Å². The summed E-state index contributed by atoms with van der Waals surface area (Å²) in [6.07, 6.45) is 0. The van der Waals surface area contributed by atoms with Crippen molar-refractivity contribution in [3.8, 4) is 0 Å². The van der Waals surface area contributed by atoms with Gasteiger partial charge in [0.2, 0.25) is 0 Å². The van der Waals surface area contributed by atoms with Crippen molar-refractivity contribution in [2.45, 2.75) is 13.5 Å². The van der Waals surface area contributed by atoms with E-state index in [9.17, 15) is 4.79 Å². The van der Waals surface area contributed by atoms with Crippen LogP contribution < -0.4 is 5.73 Å². The van der Waals surface area contributed by atoms with Crippen LogP contribution in [0.25, 0.3) is 0 Å². The first-order valence-electron chi connectivity index (χ1n) is 3.11. The van der Waals surface area contributed by atoms with Gasteiger partial charge in [0.15, 0.2) is 0 Å². The summed E-state index contributed by atoms with van der Waals surface area (Å²) < 4.78 is 4.68. The average Bonchev–Trinajstić information content (AvgIpc) is 2.31. The normalized spacial score (nSPS) is 9.55. The van der Waals surface area contributed by atoms with Crippen LogP contribution in [0.4, 0.5) is 5.82 Å². The van der Waals surface area contributed by atoms with Crippen LogP contribution >= 0.6 is 0 Å². The number of nitrogen functional groups attached to an aromatic ring is 1. The molecule has 1 aromatic rings. The second kappa shape index (κ2) is 3.05. The van der Waals surface area contributed by atoms with Crippen LogP contribution in [0.1, 0.15) is 12.6 Å². The Morgan fingerprint density at radius 2 is 2.64 bits per heavy atom. The SMILES string of the molecule is CC(=O)OCc1cc(N)n[nH]1. The van der Waals surface area contributed by atoms with E-state index in [0.717, 1.165) is 0 Å². The zero-order valence-electron chi connectivity index (χ0n) is 6.13. The number of rotatable bonds is 2. The summed E-state index contributed by atoms with van der Waals surface area (Å²) in [4.78, 5) is 10.3. The summed E-state index contributed by atoms with van der Waals surface area (Å²) in [5.74, 6) is 0.0744. The number of aromatic nitrogens is 2. The fourth-order valence-corrected chi connectivity index (χ4v) is 0.633. The molecule has 0 amide bonds. The Morgan fingerprint density at radius 3 is 3.09 bits per heavy atom. The number of carbonyl (C=O) groups is 1. The zero-order valence-corrected chi connectivity index (χ0v) is 6.13. The number of nitrogens with one attached hydrogen (secondary N) is 1. The lowest BCUT2D eigenvalue weighted by molar-refractivity contribution is -0.142. The van der Waals surface area contributed by atoms with Gasteiger partial charge in [0.05, 0.1) is 5.69 Å². The third-order valence-corrected chi connectivity index (χ3v) is 1.08. The van der Waals surface area contributed by atoms with Crippen LogP contribution in [0.3, 0.4) is 0 Å². The molecule has 0 atom stereocenters. The highest BCUT2D eigenvalue weighted by Gasteiger charge is 1.98. The Bertz CT molecular complexity index is 256. The van der Waals surface area contributed by atoms with Crippen molar-refractivity contribution in [1.82, 2.24) is 10.2 Å².